The zero-order valence-corrected chi connectivity index (χ0v) is 11.5. The van der Waals surface area contributed by atoms with Crippen molar-refractivity contribution in [2.45, 2.75) is 6.92 Å². The van der Waals surface area contributed by atoms with Gasteiger partial charge in [-0.25, -0.2) is 13.6 Å². The van der Waals surface area contributed by atoms with E-state index in [1.54, 1.807) is 19.1 Å². The fourth-order valence-electron chi connectivity index (χ4n) is 1.90. The molecule has 0 saturated carbocycles. The van der Waals surface area contributed by atoms with Crippen LogP contribution in [0.4, 0.5) is 25.8 Å². The summed E-state index contributed by atoms with van der Waals surface area (Å²) in [5.41, 5.74) is 6.22. The highest BCUT2D eigenvalue weighted by Gasteiger charge is 2.16. The minimum atomic E-state index is -0.694. The number of methoxy groups -OCH3 is 1. The highest BCUT2D eigenvalue weighted by Crippen LogP contribution is 2.28. The van der Waals surface area contributed by atoms with Crippen molar-refractivity contribution in [2.24, 2.45) is 0 Å². The third kappa shape index (κ3) is 2.94. The number of hydrogen-bond acceptors (Lipinski definition) is 4. The molecule has 0 unspecified atom stereocenters. The molecule has 0 bridgehead atoms. The molecular weight excluding hydrogens is 278 g/mol. The molecule has 4 nitrogen and oxygen atoms in total. The number of aryl methyl sites for hydroxylation is 1. The normalized spacial score (nSPS) is 10.3. The van der Waals surface area contributed by atoms with Gasteiger partial charge in [0.25, 0.3) is 0 Å². The van der Waals surface area contributed by atoms with Crippen molar-refractivity contribution in [2.75, 3.05) is 18.2 Å². The van der Waals surface area contributed by atoms with Gasteiger partial charge >= 0.3 is 5.97 Å². The minimum absolute atomic E-state index is 0.00962. The van der Waals surface area contributed by atoms with Crippen LogP contribution in [0.2, 0.25) is 0 Å². The first-order chi connectivity index (χ1) is 9.93. The number of rotatable bonds is 3. The number of para-hydroxylation sites is 1. The third-order valence-corrected chi connectivity index (χ3v) is 3.03. The van der Waals surface area contributed by atoms with Gasteiger partial charge in [-0.3, -0.25) is 0 Å². The Labute approximate surface area is 120 Å². The second-order valence-corrected chi connectivity index (χ2v) is 4.47. The smallest absolute Gasteiger partial charge is 0.340 e. The number of hydrogen-bond donors (Lipinski definition) is 2. The second-order valence-electron chi connectivity index (χ2n) is 4.47. The molecule has 0 heterocycles. The monoisotopic (exact) mass is 292 g/mol. The van der Waals surface area contributed by atoms with Crippen LogP contribution in [0.15, 0.2) is 30.3 Å². The molecule has 21 heavy (non-hydrogen) atoms. The van der Waals surface area contributed by atoms with E-state index < -0.39 is 17.6 Å². The van der Waals surface area contributed by atoms with Crippen molar-refractivity contribution < 1.29 is 18.3 Å². The van der Waals surface area contributed by atoms with Crippen molar-refractivity contribution in [3.8, 4) is 0 Å². The fourth-order valence-corrected chi connectivity index (χ4v) is 1.90. The maximum atomic E-state index is 13.9. The molecule has 0 amide bonds. The van der Waals surface area contributed by atoms with Gasteiger partial charge < -0.3 is 15.8 Å². The van der Waals surface area contributed by atoms with Crippen molar-refractivity contribution in [1.29, 1.82) is 0 Å². The maximum absolute atomic E-state index is 13.9. The number of nitrogen functional groups attached to an aromatic ring is 1. The Morgan fingerprint density at radius 2 is 1.95 bits per heavy atom. The van der Waals surface area contributed by atoms with Crippen LogP contribution in [0.1, 0.15) is 15.9 Å². The van der Waals surface area contributed by atoms with Gasteiger partial charge in [0.1, 0.15) is 11.6 Å². The fraction of sp³-hybridized carbons (Fsp3) is 0.133. The number of benzene rings is 2. The van der Waals surface area contributed by atoms with E-state index in [1.807, 2.05) is 0 Å². The number of carbonyl (C=O) groups excluding carboxylic acids is 1. The summed E-state index contributed by atoms with van der Waals surface area (Å²) in [6.45, 7) is 1.68. The summed E-state index contributed by atoms with van der Waals surface area (Å²) in [6, 6.07) is 6.68. The Kier molecular flexibility index (Phi) is 4.07. The lowest BCUT2D eigenvalue weighted by molar-refractivity contribution is 0.0602. The van der Waals surface area contributed by atoms with Gasteiger partial charge in [0.15, 0.2) is 0 Å². The number of nitrogens with one attached hydrogen (secondary N) is 1. The van der Waals surface area contributed by atoms with E-state index in [0.29, 0.717) is 5.56 Å². The molecule has 2 aromatic carbocycles. The van der Waals surface area contributed by atoms with Crippen LogP contribution < -0.4 is 11.1 Å². The Morgan fingerprint density at radius 3 is 2.57 bits per heavy atom. The number of nitrogens with two attached hydrogens (primary N) is 1. The van der Waals surface area contributed by atoms with E-state index in [-0.39, 0.29) is 22.6 Å². The number of carbonyl (C=O) groups is 1. The number of halogens is 2. The lowest BCUT2D eigenvalue weighted by Gasteiger charge is -2.13. The molecule has 0 aliphatic heterocycles. The molecule has 0 aromatic heterocycles. The van der Waals surface area contributed by atoms with Gasteiger partial charge in [-0.1, -0.05) is 12.1 Å². The predicted octanol–water partition coefficient (Wildman–Crippen LogP) is 3.39. The number of anilines is 3. The van der Waals surface area contributed by atoms with Crippen LogP contribution in [0.5, 0.6) is 0 Å². The van der Waals surface area contributed by atoms with Gasteiger partial charge in [-0.15, -0.1) is 0 Å². The molecule has 3 N–H and O–H groups in total. The zero-order chi connectivity index (χ0) is 15.6. The summed E-state index contributed by atoms with van der Waals surface area (Å²) < 4.78 is 32.3. The summed E-state index contributed by atoms with van der Waals surface area (Å²) in [5, 5.41) is 2.64. The highest BCUT2D eigenvalue weighted by molar-refractivity contribution is 5.96. The molecule has 0 saturated heterocycles. The Bertz CT molecular complexity index is 682. The maximum Gasteiger partial charge on any atom is 0.340 e. The van der Waals surface area contributed by atoms with Gasteiger partial charge in [0.05, 0.1) is 24.0 Å². The van der Waals surface area contributed by atoms with E-state index >= 15 is 0 Å². The molecule has 0 radical (unpaired) electrons. The zero-order valence-electron chi connectivity index (χ0n) is 11.5. The van der Waals surface area contributed by atoms with Crippen LogP contribution in [-0.4, -0.2) is 13.1 Å². The molecule has 2 rings (SSSR count). The van der Waals surface area contributed by atoms with Crippen molar-refractivity contribution in [3.63, 3.8) is 0 Å². The van der Waals surface area contributed by atoms with E-state index in [1.165, 1.54) is 19.2 Å². The van der Waals surface area contributed by atoms with Gasteiger partial charge in [-0.2, -0.15) is 0 Å². The Balaban J connectivity index is 2.47. The lowest BCUT2D eigenvalue weighted by atomic mass is 10.1. The largest absolute Gasteiger partial charge is 0.465 e. The SMILES string of the molecule is COC(=O)c1cc(Nc2c(C)cccc2F)c(F)cc1N. The first-order valence-corrected chi connectivity index (χ1v) is 6.13. The first-order valence-electron chi connectivity index (χ1n) is 6.13. The third-order valence-electron chi connectivity index (χ3n) is 3.03. The quantitative estimate of drug-likeness (QED) is 0.672. The minimum Gasteiger partial charge on any atom is -0.465 e. The van der Waals surface area contributed by atoms with Gasteiger partial charge in [0.2, 0.25) is 0 Å². The summed E-state index contributed by atoms with van der Waals surface area (Å²) in [5.74, 6) is -1.91. The van der Waals surface area contributed by atoms with Crippen LogP contribution in [0.25, 0.3) is 0 Å². The summed E-state index contributed by atoms with van der Waals surface area (Å²) in [4.78, 5) is 11.6. The van der Waals surface area contributed by atoms with Gasteiger partial charge in [0, 0.05) is 5.69 Å². The van der Waals surface area contributed by atoms with E-state index in [0.717, 1.165) is 6.07 Å². The summed E-state index contributed by atoms with van der Waals surface area (Å²) in [7, 11) is 1.19. The Morgan fingerprint density at radius 1 is 1.24 bits per heavy atom. The van der Waals surface area contributed by atoms with Crippen LogP contribution in [0, 0.1) is 18.6 Å². The molecule has 0 fully saturated rings. The lowest BCUT2D eigenvalue weighted by Crippen LogP contribution is -2.08. The number of ether oxygens (including phenoxy) is 1. The number of esters is 1. The van der Waals surface area contributed by atoms with Crippen molar-refractivity contribution in [1.82, 2.24) is 0 Å². The van der Waals surface area contributed by atoms with Crippen LogP contribution in [-0.2, 0) is 4.74 Å². The molecule has 0 aliphatic carbocycles. The summed E-state index contributed by atoms with van der Waals surface area (Å²) in [6.07, 6.45) is 0. The molecule has 2 aromatic rings. The first kappa shape index (κ1) is 14.8. The molecule has 110 valence electrons. The topological polar surface area (TPSA) is 64.3 Å². The highest BCUT2D eigenvalue weighted by atomic mass is 19.1. The standard InChI is InChI=1S/C15H14F2N2O2/c1-8-4-3-5-10(16)14(8)19-13-6-9(15(20)21-2)12(18)7-11(13)17/h3-7,19H,18H2,1-2H3. The molecular formula is C15H14F2N2O2. The van der Waals surface area contributed by atoms with E-state index in [9.17, 15) is 13.6 Å². The van der Waals surface area contributed by atoms with E-state index in [2.05, 4.69) is 10.1 Å². The average Bonchev–Trinajstić information content (AvgIpc) is 2.44. The second kappa shape index (κ2) is 5.78. The van der Waals surface area contributed by atoms with Crippen molar-refractivity contribution >= 4 is 23.0 Å². The molecule has 0 aliphatic rings. The van der Waals surface area contributed by atoms with Gasteiger partial charge in [-0.05, 0) is 30.7 Å². The van der Waals surface area contributed by atoms with Crippen LogP contribution >= 0.6 is 0 Å². The average molecular weight is 292 g/mol. The van der Waals surface area contributed by atoms with Crippen molar-refractivity contribution in [3.05, 3.63) is 53.1 Å². The Hall–Kier alpha value is -2.63. The van der Waals surface area contributed by atoms with E-state index in [4.69, 9.17) is 5.73 Å². The predicted molar refractivity (Wildman–Crippen MR) is 76.6 cm³/mol. The van der Waals surface area contributed by atoms with Crippen LogP contribution in [0.3, 0.4) is 0 Å². The molecule has 6 heteroatoms. The molecule has 0 spiro atoms. The molecule has 0 atom stereocenters. The summed E-state index contributed by atoms with van der Waals surface area (Å²) >= 11 is 0.